The van der Waals surface area contributed by atoms with E-state index in [1.165, 1.54) is 0 Å². The van der Waals surface area contributed by atoms with Gasteiger partial charge in [0.05, 0.1) is 11.6 Å². The minimum atomic E-state index is 0.00712. The SMILES string of the molecule is N#Cc1cccc(-c2ccc3c(c2)C(=O)NC[C@@H]2CNC[C@@H]32)c1. The zero-order valence-corrected chi connectivity index (χ0v) is 12.7. The molecular formula is C19H17N3O. The molecule has 0 aromatic heterocycles. The fourth-order valence-corrected chi connectivity index (χ4v) is 3.65. The number of nitrogens with one attached hydrogen (secondary N) is 2. The Balaban J connectivity index is 1.81. The number of nitrogens with zero attached hydrogens (tertiary/aromatic N) is 1. The summed E-state index contributed by atoms with van der Waals surface area (Å²) in [6.07, 6.45) is 0. The van der Waals surface area contributed by atoms with Crippen LogP contribution in [0.15, 0.2) is 42.5 Å². The molecule has 23 heavy (non-hydrogen) atoms. The van der Waals surface area contributed by atoms with Crippen molar-refractivity contribution in [1.29, 1.82) is 5.26 Å². The van der Waals surface area contributed by atoms with Crippen LogP contribution in [0.25, 0.3) is 11.1 Å². The van der Waals surface area contributed by atoms with Gasteiger partial charge in [0, 0.05) is 31.1 Å². The van der Waals surface area contributed by atoms with Crippen molar-refractivity contribution in [1.82, 2.24) is 10.6 Å². The quantitative estimate of drug-likeness (QED) is 0.849. The lowest BCUT2D eigenvalue weighted by molar-refractivity contribution is 0.0952. The van der Waals surface area contributed by atoms with Gasteiger partial charge in [0.2, 0.25) is 0 Å². The van der Waals surface area contributed by atoms with Crippen LogP contribution in [-0.4, -0.2) is 25.5 Å². The lowest BCUT2D eigenvalue weighted by atomic mass is 9.86. The first-order chi connectivity index (χ1) is 11.3. The van der Waals surface area contributed by atoms with E-state index in [2.05, 4.69) is 28.8 Å². The molecule has 1 saturated heterocycles. The fourth-order valence-electron chi connectivity index (χ4n) is 3.65. The van der Waals surface area contributed by atoms with Crippen LogP contribution in [0, 0.1) is 17.2 Å². The number of nitriles is 1. The van der Waals surface area contributed by atoms with Gasteiger partial charge >= 0.3 is 0 Å². The van der Waals surface area contributed by atoms with Crippen LogP contribution in [0.4, 0.5) is 0 Å². The van der Waals surface area contributed by atoms with Crippen molar-refractivity contribution < 1.29 is 4.79 Å². The summed E-state index contributed by atoms with van der Waals surface area (Å²) in [4.78, 5) is 12.5. The van der Waals surface area contributed by atoms with Gasteiger partial charge in [-0.3, -0.25) is 4.79 Å². The van der Waals surface area contributed by atoms with E-state index < -0.39 is 0 Å². The van der Waals surface area contributed by atoms with Gasteiger partial charge in [0.15, 0.2) is 0 Å². The molecule has 4 nitrogen and oxygen atoms in total. The molecule has 2 aliphatic rings. The van der Waals surface area contributed by atoms with Crippen molar-refractivity contribution in [2.75, 3.05) is 19.6 Å². The van der Waals surface area contributed by atoms with Crippen molar-refractivity contribution in [3.05, 3.63) is 59.2 Å². The number of hydrogen-bond donors (Lipinski definition) is 2. The summed E-state index contributed by atoms with van der Waals surface area (Å²) >= 11 is 0. The first kappa shape index (κ1) is 14.0. The van der Waals surface area contributed by atoms with Crippen LogP contribution in [0.5, 0.6) is 0 Å². The Labute approximate surface area is 135 Å². The monoisotopic (exact) mass is 303 g/mol. The maximum atomic E-state index is 12.5. The van der Waals surface area contributed by atoms with Gasteiger partial charge < -0.3 is 10.6 Å². The maximum Gasteiger partial charge on any atom is 0.251 e. The molecule has 0 radical (unpaired) electrons. The Morgan fingerprint density at radius 1 is 1.04 bits per heavy atom. The normalized spacial score (nSPS) is 22.5. The van der Waals surface area contributed by atoms with Crippen LogP contribution in [-0.2, 0) is 0 Å². The molecule has 2 aliphatic heterocycles. The molecule has 1 amide bonds. The van der Waals surface area contributed by atoms with Crippen LogP contribution in [0.1, 0.15) is 27.4 Å². The van der Waals surface area contributed by atoms with Gasteiger partial charge in [-0.1, -0.05) is 24.3 Å². The number of rotatable bonds is 1. The zero-order chi connectivity index (χ0) is 15.8. The zero-order valence-electron chi connectivity index (χ0n) is 12.7. The van der Waals surface area contributed by atoms with Crippen molar-refractivity contribution in [3.8, 4) is 17.2 Å². The van der Waals surface area contributed by atoms with E-state index in [0.717, 1.165) is 41.9 Å². The van der Waals surface area contributed by atoms with Crippen LogP contribution >= 0.6 is 0 Å². The molecule has 114 valence electrons. The van der Waals surface area contributed by atoms with Gasteiger partial charge in [-0.05, 0) is 40.8 Å². The van der Waals surface area contributed by atoms with E-state index in [1.54, 1.807) is 6.07 Å². The summed E-state index contributed by atoms with van der Waals surface area (Å²) in [7, 11) is 0. The smallest absolute Gasteiger partial charge is 0.251 e. The largest absolute Gasteiger partial charge is 0.352 e. The second-order valence-electron chi connectivity index (χ2n) is 6.23. The second kappa shape index (κ2) is 5.53. The van der Waals surface area contributed by atoms with Gasteiger partial charge in [-0.2, -0.15) is 5.26 Å². The molecule has 2 heterocycles. The molecule has 4 heteroatoms. The number of carbonyl (C=O) groups excluding carboxylic acids is 1. The summed E-state index contributed by atoms with van der Waals surface area (Å²) in [5.41, 5.74) is 4.46. The third kappa shape index (κ3) is 2.39. The summed E-state index contributed by atoms with van der Waals surface area (Å²) in [5, 5.41) is 15.5. The van der Waals surface area contributed by atoms with E-state index >= 15 is 0 Å². The Morgan fingerprint density at radius 3 is 2.78 bits per heavy atom. The van der Waals surface area contributed by atoms with Crippen LogP contribution < -0.4 is 10.6 Å². The molecule has 4 rings (SSSR count). The highest BCUT2D eigenvalue weighted by molar-refractivity contribution is 5.97. The average molecular weight is 303 g/mol. The molecule has 0 aliphatic carbocycles. The number of carbonyl (C=O) groups is 1. The number of hydrogen-bond acceptors (Lipinski definition) is 3. The van der Waals surface area contributed by atoms with E-state index in [4.69, 9.17) is 5.26 Å². The highest BCUT2D eigenvalue weighted by atomic mass is 16.1. The molecule has 0 spiro atoms. The van der Waals surface area contributed by atoms with Crippen molar-refractivity contribution in [2.24, 2.45) is 5.92 Å². The molecule has 0 saturated carbocycles. The third-order valence-electron chi connectivity index (χ3n) is 4.89. The van der Waals surface area contributed by atoms with Crippen molar-refractivity contribution in [2.45, 2.75) is 5.92 Å². The maximum absolute atomic E-state index is 12.5. The van der Waals surface area contributed by atoms with E-state index in [9.17, 15) is 4.79 Å². The standard InChI is InChI=1S/C19H17N3O/c20-8-12-2-1-3-13(6-12)14-4-5-16-17(7-14)19(23)22-10-15-9-21-11-18(15)16/h1-7,15,18,21H,9-11H2,(H,22,23)/t15-,18+/m0/s1. The van der Waals surface area contributed by atoms with E-state index in [0.29, 0.717) is 17.4 Å². The van der Waals surface area contributed by atoms with Crippen molar-refractivity contribution in [3.63, 3.8) is 0 Å². The Hall–Kier alpha value is -2.64. The minimum absolute atomic E-state index is 0.00712. The van der Waals surface area contributed by atoms with Crippen LogP contribution in [0.2, 0.25) is 0 Å². The molecule has 2 aromatic carbocycles. The summed E-state index contributed by atoms with van der Waals surface area (Å²) < 4.78 is 0. The molecule has 0 unspecified atom stereocenters. The Bertz CT molecular complexity index is 822. The number of amides is 1. The Morgan fingerprint density at radius 2 is 1.91 bits per heavy atom. The van der Waals surface area contributed by atoms with Crippen molar-refractivity contribution >= 4 is 5.91 Å². The molecule has 0 bridgehead atoms. The average Bonchev–Trinajstić information content (AvgIpc) is 3.03. The van der Waals surface area contributed by atoms with Gasteiger partial charge in [0.1, 0.15) is 0 Å². The highest BCUT2D eigenvalue weighted by Gasteiger charge is 2.34. The number of fused-ring (bicyclic) bond motifs is 3. The second-order valence-corrected chi connectivity index (χ2v) is 6.23. The summed E-state index contributed by atoms with van der Waals surface area (Å²) in [6, 6.07) is 15.7. The third-order valence-corrected chi connectivity index (χ3v) is 4.89. The topological polar surface area (TPSA) is 64.9 Å². The van der Waals surface area contributed by atoms with E-state index in [-0.39, 0.29) is 5.91 Å². The molecule has 2 atom stereocenters. The predicted molar refractivity (Wildman–Crippen MR) is 88.0 cm³/mol. The summed E-state index contributed by atoms with van der Waals surface area (Å²) in [6.45, 7) is 2.61. The number of benzene rings is 2. The summed E-state index contributed by atoms with van der Waals surface area (Å²) in [5.74, 6) is 0.865. The van der Waals surface area contributed by atoms with Gasteiger partial charge in [-0.25, -0.2) is 0 Å². The lowest BCUT2D eigenvalue weighted by Crippen LogP contribution is -2.28. The van der Waals surface area contributed by atoms with Gasteiger partial charge in [0.25, 0.3) is 5.91 Å². The molecule has 2 N–H and O–H groups in total. The molecule has 2 aromatic rings. The van der Waals surface area contributed by atoms with E-state index in [1.807, 2.05) is 24.3 Å². The minimum Gasteiger partial charge on any atom is -0.352 e. The van der Waals surface area contributed by atoms with Gasteiger partial charge in [-0.15, -0.1) is 0 Å². The lowest BCUT2D eigenvalue weighted by Gasteiger charge is -2.16. The molecule has 1 fully saturated rings. The fraction of sp³-hybridized carbons (Fsp3) is 0.263. The predicted octanol–water partition coefficient (Wildman–Crippen LogP) is 2.27. The first-order valence-electron chi connectivity index (χ1n) is 7.89. The highest BCUT2D eigenvalue weighted by Crippen LogP contribution is 2.34. The Kier molecular flexibility index (Phi) is 3.36. The molecular weight excluding hydrogens is 286 g/mol. The first-order valence-corrected chi connectivity index (χ1v) is 7.89. The van der Waals surface area contributed by atoms with Crippen LogP contribution in [0.3, 0.4) is 0 Å².